The third-order valence-corrected chi connectivity index (χ3v) is 4.60. The van der Waals surface area contributed by atoms with Crippen molar-refractivity contribution in [2.75, 3.05) is 6.54 Å². The summed E-state index contributed by atoms with van der Waals surface area (Å²) in [5, 5.41) is 2.80. The molecular formula is C21H20N4O3. The highest BCUT2D eigenvalue weighted by molar-refractivity contribution is 5.93. The average Bonchev–Trinajstić information content (AvgIpc) is 3.31. The first kappa shape index (κ1) is 17.8. The van der Waals surface area contributed by atoms with Crippen LogP contribution in [0.1, 0.15) is 21.5 Å². The molecule has 7 nitrogen and oxygen atoms in total. The summed E-state index contributed by atoms with van der Waals surface area (Å²) in [7, 11) is 0. The average molecular weight is 376 g/mol. The first-order valence-electron chi connectivity index (χ1n) is 9.03. The number of hydrogen-bond acceptors (Lipinski definition) is 4. The van der Waals surface area contributed by atoms with Gasteiger partial charge in [-0.25, -0.2) is 9.78 Å². The Morgan fingerprint density at radius 2 is 2.07 bits per heavy atom. The van der Waals surface area contributed by atoms with E-state index in [1.54, 1.807) is 21.4 Å². The molecule has 0 fully saturated rings. The summed E-state index contributed by atoms with van der Waals surface area (Å²) in [5.74, 6) is -0.238. The van der Waals surface area contributed by atoms with Gasteiger partial charge in [0.15, 0.2) is 5.65 Å². The molecule has 3 heterocycles. The van der Waals surface area contributed by atoms with Crippen molar-refractivity contribution >= 4 is 17.1 Å². The van der Waals surface area contributed by atoms with E-state index in [9.17, 15) is 9.59 Å². The number of nitrogens with zero attached hydrogens (tertiary/aromatic N) is 3. The highest BCUT2D eigenvalue weighted by Crippen LogP contribution is 2.13. The summed E-state index contributed by atoms with van der Waals surface area (Å²) in [4.78, 5) is 29.5. The summed E-state index contributed by atoms with van der Waals surface area (Å²) in [6, 6.07) is 13.4. The van der Waals surface area contributed by atoms with E-state index in [-0.39, 0.29) is 11.6 Å². The van der Waals surface area contributed by atoms with E-state index in [1.807, 2.05) is 37.3 Å². The van der Waals surface area contributed by atoms with E-state index in [0.29, 0.717) is 30.8 Å². The Morgan fingerprint density at radius 1 is 1.18 bits per heavy atom. The quantitative estimate of drug-likeness (QED) is 0.561. The van der Waals surface area contributed by atoms with Crippen molar-refractivity contribution in [3.05, 3.63) is 88.4 Å². The molecule has 4 aromatic rings. The van der Waals surface area contributed by atoms with Crippen LogP contribution in [0.5, 0.6) is 0 Å². The third kappa shape index (κ3) is 3.46. The Bertz CT molecular complexity index is 1170. The second-order valence-electron chi connectivity index (χ2n) is 6.62. The Morgan fingerprint density at radius 3 is 2.86 bits per heavy atom. The van der Waals surface area contributed by atoms with Crippen LogP contribution in [0.25, 0.3) is 11.2 Å². The van der Waals surface area contributed by atoms with Gasteiger partial charge >= 0.3 is 5.69 Å². The van der Waals surface area contributed by atoms with Crippen molar-refractivity contribution in [1.82, 2.24) is 19.4 Å². The predicted molar refractivity (Wildman–Crippen MR) is 105 cm³/mol. The summed E-state index contributed by atoms with van der Waals surface area (Å²) < 4.78 is 8.23. The van der Waals surface area contributed by atoms with Crippen molar-refractivity contribution < 1.29 is 9.21 Å². The first-order valence-corrected chi connectivity index (χ1v) is 9.03. The molecule has 4 rings (SSSR count). The lowest BCUT2D eigenvalue weighted by Crippen LogP contribution is -2.31. The van der Waals surface area contributed by atoms with Gasteiger partial charge in [-0.05, 0) is 30.7 Å². The molecule has 0 atom stereocenters. The molecule has 1 N–H and O–H groups in total. The third-order valence-electron chi connectivity index (χ3n) is 4.60. The SMILES string of the molecule is Cc1cccc(Cn2c(=O)n(CCNC(=O)c3ccoc3)c3ncccc32)c1. The molecule has 0 bridgehead atoms. The van der Waals surface area contributed by atoms with Crippen LogP contribution in [0, 0.1) is 6.92 Å². The second-order valence-corrected chi connectivity index (χ2v) is 6.62. The number of aromatic nitrogens is 3. The molecule has 0 saturated heterocycles. The van der Waals surface area contributed by atoms with Crippen LogP contribution >= 0.6 is 0 Å². The van der Waals surface area contributed by atoms with E-state index in [1.165, 1.54) is 12.5 Å². The molecular weight excluding hydrogens is 356 g/mol. The molecule has 0 unspecified atom stereocenters. The zero-order valence-corrected chi connectivity index (χ0v) is 15.5. The summed E-state index contributed by atoms with van der Waals surface area (Å²) in [6.07, 6.45) is 4.50. The highest BCUT2D eigenvalue weighted by atomic mass is 16.3. The molecule has 0 radical (unpaired) electrons. The Hall–Kier alpha value is -3.61. The fraction of sp³-hybridized carbons (Fsp3) is 0.190. The van der Waals surface area contributed by atoms with E-state index >= 15 is 0 Å². The van der Waals surface area contributed by atoms with Crippen LogP contribution in [0.2, 0.25) is 0 Å². The number of furan rings is 1. The number of carbonyl (C=O) groups is 1. The van der Waals surface area contributed by atoms with E-state index in [4.69, 9.17) is 4.42 Å². The maximum atomic E-state index is 13.0. The maximum Gasteiger partial charge on any atom is 0.330 e. The number of aryl methyl sites for hydroxylation is 1. The fourth-order valence-electron chi connectivity index (χ4n) is 3.27. The number of nitrogens with one attached hydrogen (secondary N) is 1. The molecule has 1 aromatic carbocycles. The largest absolute Gasteiger partial charge is 0.472 e. The van der Waals surface area contributed by atoms with Gasteiger partial charge in [-0.15, -0.1) is 0 Å². The summed E-state index contributed by atoms with van der Waals surface area (Å²) in [6.45, 7) is 3.14. The predicted octanol–water partition coefficient (Wildman–Crippen LogP) is 2.58. The van der Waals surface area contributed by atoms with Crippen LogP contribution in [0.3, 0.4) is 0 Å². The minimum Gasteiger partial charge on any atom is -0.472 e. The molecule has 142 valence electrons. The molecule has 0 saturated carbocycles. The van der Waals surface area contributed by atoms with Gasteiger partial charge in [-0.1, -0.05) is 29.8 Å². The number of benzene rings is 1. The van der Waals surface area contributed by atoms with Gasteiger partial charge in [0.1, 0.15) is 6.26 Å². The van der Waals surface area contributed by atoms with Gasteiger partial charge in [0.2, 0.25) is 0 Å². The highest BCUT2D eigenvalue weighted by Gasteiger charge is 2.15. The molecule has 7 heteroatoms. The summed E-state index contributed by atoms with van der Waals surface area (Å²) >= 11 is 0. The van der Waals surface area contributed by atoms with Gasteiger partial charge in [-0.3, -0.25) is 13.9 Å². The molecule has 3 aromatic heterocycles. The lowest BCUT2D eigenvalue weighted by atomic mass is 10.1. The Labute approximate surface area is 161 Å². The Balaban J connectivity index is 1.59. The Kier molecular flexibility index (Phi) is 4.80. The standard InChI is InChI=1S/C21H20N4O3/c1-15-4-2-5-16(12-15)13-25-18-6-3-8-22-19(18)24(21(25)27)10-9-23-20(26)17-7-11-28-14-17/h2-8,11-12,14H,9-10,13H2,1H3,(H,23,26). The number of fused-ring (bicyclic) bond motifs is 1. The lowest BCUT2D eigenvalue weighted by Gasteiger charge is -2.05. The van der Waals surface area contributed by atoms with Gasteiger partial charge < -0.3 is 9.73 Å². The van der Waals surface area contributed by atoms with E-state index in [0.717, 1.165) is 16.6 Å². The number of imidazole rings is 1. The number of hydrogen-bond donors (Lipinski definition) is 1. The van der Waals surface area contributed by atoms with Crippen molar-refractivity contribution in [1.29, 1.82) is 0 Å². The molecule has 0 aliphatic heterocycles. The van der Waals surface area contributed by atoms with E-state index < -0.39 is 0 Å². The van der Waals surface area contributed by atoms with Crippen LogP contribution < -0.4 is 11.0 Å². The number of carbonyl (C=O) groups excluding carboxylic acids is 1. The van der Waals surface area contributed by atoms with Crippen molar-refractivity contribution in [2.24, 2.45) is 0 Å². The monoisotopic (exact) mass is 376 g/mol. The molecule has 1 amide bonds. The van der Waals surface area contributed by atoms with Gasteiger partial charge in [0.25, 0.3) is 5.91 Å². The normalized spacial score (nSPS) is 11.0. The minimum absolute atomic E-state index is 0.146. The first-order chi connectivity index (χ1) is 13.6. The number of pyridine rings is 1. The van der Waals surface area contributed by atoms with Crippen LogP contribution in [-0.2, 0) is 13.1 Å². The zero-order valence-electron chi connectivity index (χ0n) is 15.5. The molecule has 0 aliphatic carbocycles. The second kappa shape index (κ2) is 7.56. The van der Waals surface area contributed by atoms with Gasteiger partial charge in [-0.2, -0.15) is 0 Å². The topological polar surface area (TPSA) is 82.1 Å². The maximum absolute atomic E-state index is 13.0. The van der Waals surface area contributed by atoms with Crippen molar-refractivity contribution in [2.45, 2.75) is 20.0 Å². The molecule has 28 heavy (non-hydrogen) atoms. The van der Waals surface area contributed by atoms with Crippen LogP contribution in [-0.4, -0.2) is 26.6 Å². The van der Waals surface area contributed by atoms with Crippen molar-refractivity contribution in [3.8, 4) is 0 Å². The fourth-order valence-corrected chi connectivity index (χ4v) is 3.27. The lowest BCUT2D eigenvalue weighted by molar-refractivity contribution is 0.0951. The summed E-state index contributed by atoms with van der Waals surface area (Å²) in [5.41, 5.74) is 3.89. The van der Waals surface area contributed by atoms with Gasteiger partial charge in [0.05, 0.1) is 23.9 Å². The van der Waals surface area contributed by atoms with Crippen LogP contribution in [0.4, 0.5) is 0 Å². The minimum atomic E-state index is -0.238. The van der Waals surface area contributed by atoms with Crippen molar-refractivity contribution in [3.63, 3.8) is 0 Å². The molecule has 0 spiro atoms. The van der Waals surface area contributed by atoms with Crippen LogP contribution in [0.15, 0.2) is 70.4 Å². The zero-order chi connectivity index (χ0) is 19.5. The molecule has 0 aliphatic rings. The van der Waals surface area contributed by atoms with Gasteiger partial charge in [0, 0.05) is 19.3 Å². The number of amides is 1. The number of rotatable bonds is 6. The smallest absolute Gasteiger partial charge is 0.330 e. The van der Waals surface area contributed by atoms with E-state index in [2.05, 4.69) is 16.4 Å².